The SMILES string of the molecule is CCOC(=O)CC(=O)OCCC(C)c1ccncc1. The zero-order valence-electron chi connectivity index (χ0n) is 11.3. The molecule has 1 unspecified atom stereocenters. The van der Waals surface area contributed by atoms with Gasteiger partial charge in [-0.3, -0.25) is 14.6 Å². The summed E-state index contributed by atoms with van der Waals surface area (Å²) < 4.78 is 9.66. The number of carbonyl (C=O) groups is 2. The molecule has 5 heteroatoms. The summed E-state index contributed by atoms with van der Waals surface area (Å²) in [6, 6.07) is 3.87. The van der Waals surface area contributed by atoms with E-state index >= 15 is 0 Å². The molecule has 19 heavy (non-hydrogen) atoms. The second-order valence-electron chi connectivity index (χ2n) is 4.17. The third kappa shape index (κ3) is 5.99. The first-order chi connectivity index (χ1) is 9.13. The van der Waals surface area contributed by atoms with E-state index in [1.54, 1.807) is 19.3 Å². The van der Waals surface area contributed by atoms with E-state index < -0.39 is 11.9 Å². The lowest BCUT2D eigenvalue weighted by molar-refractivity contribution is -0.154. The van der Waals surface area contributed by atoms with Crippen LogP contribution in [0.2, 0.25) is 0 Å². The van der Waals surface area contributed by atoms with Crippen molar-refractivity contribution in [3.63, 3.8) is 0 Å². The molecule has 1 atom stereocenters. The van der Waals surface area contributed by atoms with Crippen molar-refractivity contribution in [3.8, 4) is 0 Å². The van der Waals surface area contributed by atoms with Crippen LogP contribution in [0.4, 0.5) is 0 Å². The molecule has 0 aliphatic carbocycles. The van der Waals surface area contributed by atoms with E-state index in [0.717, 1.165) is 5.56 Å². The summed E-state index contributed by atoms with van der Waals surface area (Å²) in [6.45, 7) is 4.31. The van der Waals surface area contributed by atoms with Gasteiger partial charge in [-0.05, 0) is 37.0 Å². The highest BCUT2D eigenvalue weighted by molar-refractivity contribution is 5.91. The van der Waals surface area contributed by atoms with Gasteiger partial charge in [-0.25, -0.2) is 0 Å². The average Bonchev–Trinajstić information content (AvgIpc) is 2.39. The Labute approximate surface area is 112 Å². The van der Waals surface area contributed by atoms with E-state index in [-0.39, 0.29) is 18.9 Å². The van der Waals surface area contributed by atoms with Gasteiger partial charge in [-0.2, -0.15) is 0 Å². The van der Waals surface area contributed by atoms with Gasteiger partial charge in [0.25, 0.3) is 0 Å². The van der Waals surface area contributed by atoms with Gasteiger partial charge in [-0.1, -0.05) is 6.92 Å². The maximum absolute atomic E-state index is 11.3. The Morgan fingerprint density at radius 1 is 1.21 bits per heavy atom. The number of hydrogen-bond acceptors (Lipinski definition) is 5. The zero-order valence-corrected chi connectivity index (χ0v) is 11.3. The lowest BCUT2D eigenvalue weighted by Gasteiger charge is -2.11. The van der Waals surface area contributed by atoms with Crippen molar-refractivity contribution < 1.29 is 19.1 Å². The van der Waals surface area contributed by atoms with E-state index in [9.17, 15) is 9.59 Å². The minimum absolute atomic E-state index is 0.269. The first-order valence-electron chi connectivity index (χ1n) is 6.34. The third-order valence-electron chi connectivity index (χ3n) is 2.68. The smallest absolute Gasteiger partial charge is 0.317 e. The van der Waals surface area contributed by atoms with Gasteiger partial charge < -0.3 is 9.47 Å². The van der Waals surface area contributed by atoms with Gasteiger partial charge in [0.15, 0.2) is 0 Å². The van der Waals surface area contributed by atoms with Gasteiger partial charge >= 0.3 is 11.9 Å². The number of pyridine rings is 1. The summed E-state index contributed by atoms with van der Waals surface area (Å²) in [6.07, 6.45) is 3.85. The van der Waals surface area contributed by atoms with Crippen LogP contribution in [0.15, 0.2) is 24.5 Å². The summed E-state index contributed by atoms with van der Waals surface area (Å²) in [5, 5.41) is 0. The quantitative estimate of drug-likeness (QED) is 0.557. The number of aromatic nitrogens is 1. The second-order valence-corrected chi connectivity index (χ2v) is 4.17. The summed E-state index contributed by atoms with van der Waals surface area (Å²) in [4.78, 5) is 26.3. The van der Waals surface area contributed by atoms with Crippen LogP contribution in [0.1, 0.15) is 38.2 Å². The normalized spacial score (nSPS) is 11.7. The molecule has 0 saturated carbocycles. The van der Waals surface area contributed by atoms with Crippen molar-refractivity contribution in [2.24, 2.45) is 0 Å². The molecule has 0 aliphatic rings. The van der Waals surface area contributed by atoms with E-state index in [1.807, 2.05) is 12.1 Å². The molecule has 0 aliphatic heterocycles. The van der Waals surface area contributed by atoms with Crippen LogP contribution < -0.4 is 0 Å². The van der Waals surface area contributed by atoms with Crippen LogP contribution in [0.5, 0.6) is 0 Å². The maximum atomic E-state index is 11.3. The second kappa shape index (κ2) is 8.24. The summed E-state index contributed by atoms with van der Waals surface area (Å²) >= 11 is 0. The minimum Gasteiger partial charge on any atom is -0.466 e. The molecule has 0 radical (unpaired) electrons. The standard InChI is InChI=1S/C14H19NO4/c1-3-18-13(16)10-14(17)19-9-6-11(2)12-4-7-15-8-5-12/h4-5,7-8,11H,3,6,9-10H2,1-2H3. The zero-order chi connectivity index (χ0) is 14.1. The molecule has 1 heterocycles. The van der Waals surface area contributed by atoms with Crippen molar-refractivity contribution in [2.75, 3.05) is 13.2 Å². The third-order valence-corrected chi connectivity index (χ3v) is 2.68. The molecular weight excluding hydrogens is 246 g/mol. The van der Waals surface area contributed by atoms with Gasteiger partial charge in [0.2, 0.25) is 0 Å². The number of carbonyl (C=O) groups excluding carboxylic acids is 2. The van der Waals surface area contributed by atoms with Crippen molar-refractivity contribution >= 4 is 11.9 Å². The lowest BCUT2D eigenvalue weighted by Crippen LogP contribution is -2.15. The highest BCUT2D eigenvalue weighted by Crippen LogP contribution is 2.17. The Kier molecular flexibility index (Phi) is 6.57. The van der Waals surface area contributed by atoms with Crippen molar-refractivity contribution in [3.05, 3.63) is 30.1 Å². The van der Waals surface area contributed by atoms with Gasteiger partial charge in [0, 0.05) is 12.4 Å². The number of rotatable bonds is 7. The molecule has 0 spiro atoms. The number of nitrogens with zero attached hydrogens (tertiary/aromatic N) is 1. The maximum Gasteiger partial charge on any atom is 0.317 e. The molecule has 0 saturated heterocycles. The first kappa shape index (κ1) is 15.1. The van der Waals surface area contributed by atoms with Crippen LogP contribution in [-0.2, 0) is 19.1 Å². The van der Waals surface area contributed by atoms with Gasteiger partial charge in [0.05, 0.1) is 13.2 Å². The van der Waals surface area contributed by atoms with E-state index in [2.05, 4.69) is 16.6 Å². The topological polar surface area (TPSA) is 65.5 Å². The number of hydrogen-bond donors (Lipinski definition) is 0. The number of ether oxygens (including phenoxy) is 2. The van der Waals surface area contributed by atoms with Crippen molar-refractivity contribution in [1.82, 2.24) is 4.98 Å². The highest BCUT2D eigenvalue weighted by atomic mass is 16.6. The highest BCUT2D eigenvalue weighted by Gasteiger charge is 2.12. The Hall–Kier alpha value is -1.91. The molecule has 1 aromatic heterocycles. The summed E-state index contributed by atoms with van der Waals surface area (Å²) in [5.74, 6) is -0.812. The molecule has 1 aromatic rings. The van der Waals surface area contributed by atoms with Crippen LogP contribution in [0.25, 0.3) is 0 Å². The summed E-state index contributed by atoms with van der Waals surface area (Å²) in [7, 11) is 0. The van der Waals surface area contributed by atoms with Crippen molar-refractivity contribution in [1.29, 1.82) is 0 Å². The molecular formula is C14H19NO4. The van der Waals surface area contributed by atoms with Gasteiger partial charge in [0.1, 0.15) is 6.42 Å². The fourth-order valence-corrected chi connectivity index (χ4v) is 1.59. The Morgan fingerprint density at radius 3 is 2.47 bits per heavy atom. The largest absolute Gasteiger partial charge is 0.466 e. The van der Waals surface area contributed by atoms with E-state index in [4.69, 9.17) is 4.74 Å². The fourth-order valence-electron chi connectivity index (χ4n) is 1.59. The Bertz CT molecular complexity index is 405. The average molecular weight is 265 g/mol. The van der Waals surface area contributed by atoms with E-state index in [1.165, 1.54) is 0 Å². The minimum atomic E-state index is -0.547. The Morgan fingerprint density at radius 2 is 1.84 bits per heavy atom. The first-order valence-corrected chi connectivity index (χ1v) is 6.34. The lowest BCUT2D eigenvalue weighted by atomic mass is 10.00. The fraction of sp³-hybridized carbons (Fsp3) is 0.500. The molecule has 0 N–H and O–H groups in total. The Balaban J connectivity index is 2.23. The van der Waals surface area contributed by atoms with Crippen LogP contribution in [0, 0.1) is 0 Å². The van der Waals surface area contributed by atoms with Crippen LogP contribution in [0.3, 0.4) is 0 Å². The monoisotopic (exact) mass is 265 g/mol. The predicted octanol–water partition coefficient (Wildman–Crippen LogP) is 2.07. The van der Waals surface area contributed by atoms with Gasteiger partial charge in [-0.15, -0.1) is 0 Å². The number of esters is 2. The molecule has 0 aromatic carbocycles. The van der Waals surface area contributed by atoms with E-state index in [0.29, 0.717) is 13.0 Å². The van der Waals surface area contributed by atoms with Crippen LogP contribution in [-0.4, -0.2) is 30.1 Å². The summed E-state index contributed by atoms with van der Waals surface area (Å²) in [5.41, 5.74) is 1.15. The molecule has 0 amide bonds. The van der Waals surface area contributed by atoms with Crippen molar-refractivity contribution in [2.45, 2.75) is 32.6 Å². The molecule has 104 valence electrons. The molecule has 0 fully saturated rings. The molecule has 1 rings (SSSR count). The molecule has 5 nitrogen and oxygen atoms in total. The molecule has 0 bridgehead atoms. The predicted molar refractivity (Wildman–Crippen MR) is 69.5 cm³/mol. The van der Waals surface area contributed by atoms with Crippen LogP contribution >= 0.6 is 0 Å².